The van der Waals surface area contributed by atoms with Crippen LogP contribution in [0.3, 0.4) is 0 Å². The highest BCUT2D eigenvalue weighted by Crippen LogP contribution is 2.24. The Hall–Kier alpha value is -1.34. The van der Waals surface area contributed by atoms with Gasteiger partial charge in [0.2, 0.25) is 0 Å². The molecular weight excluding hydrogens is 264 g/mol. The average molecular weight is 288 g/mol. The molecule has 1 rings (SSSR count). The average Bonchev–Trinajstić information content (AvgIpc) is 2.23. The molecule has 2 N–H and O–H groups in total. The number of carbonyl (C=O) groups is 2. The van der Waals surface area contributed by atoms with Gasteiger partial charge in [-0.15, -0.1) is 0 Å². The lowest BCUT2D eigenvalue weighted by atomic mass is 9.90. The molecule has 0 aromatic heterocycles. The van der Waals surface area contributed by atoms with Gasteiger partial charge in [-0.05, 0) is 33.7 Å². The largest absolute Gasteiger partial charge is 0.480 e. The molecule has 1 amide bonds. The fourth-order valence-corrected chi connectivity index (χ4v) is 1.93. The molecule has 1 saturated heterocycles. The lowest BCUT2D eigenvalue weighted by Gasteiger charge is -2.47. The SMILES string of the molecule is COCCCNC1(C(=O)O)CN(C(=O)OC(C)(C)C)C1. The third-order valence-electron chi connectivity index (χ3n) is 2.97. The predicted molar refractivity (Wildman–Crippen MR) is 72.7 cm³/mol. The number of hydrogen-bond acceptors (Lipinski definition) is 5. The van der Waals surface area contributed by atoms with Crippen molar-refractivity contribution >= 4 is 12.1 Å². The molecule has 1 aliphatic rings. The number of carboxylic acid groups (broad SMARTS) is 1. The van der Waals surface area contributed by atoms with Crippen LogP contribution in [0.4, 0.5) is 4.79 Å². The van der Waals surface area contributed by atoms with Gasteiger partial charge < -0.3 is 19.5 Å². The van der Waals surface area contributed by atoms with Crippen molar-refractivity contribution < 1.29 is 24.2 Å². The molecule has 0 aromatic carbocycles. The van der Waals surface area contributed by atoms with E-state index in [0.29, 0.717) is 13.2 Å². The normalized spacial score (nSPS) is 17.5. The van der Waals surface area contributed by atoms with E-state index < -0.39 is 23.2 Å². The second-order valence-corrected chi connectivity index (χ2v) is 6.00. The maximum Gasteiger partial charge on any atom is 0.410 e. The molecule has 0 unspecified atom stereocenters. The van der Waals surface area contributed by atoms with Crippen molar-refractivity contribution in [2.45, 2.75) is 38.3 Å². The van der Waals surface area contributed by atoms with Crippen molar-refractivity contribution in [3.63, 3.8) is 0 Å². The van der Waals surface area contributed by atoms with Crippen molar-refractivity contribution in [1.82, 2.24) is 10.2 Å². The van der Waals surface area contributed by atoms with Gasteiger partial charge in [0, 0.05) is 13.7 Å². The second kappa shape index (κ2) is 6.41. The lowest BCUT2D eigenvalue weighted by molar-refractivity contribution is -0.152. The number of amides is 1. The highest BCUT2D eigenvalue weighted by molar-refractivity contribution is 5.84. The summed E-state index contributed by atoms with van der Waals surface area (Å²) in [6, 6.07) is 0. The quantitative estimate of drug-likeness (QED) is 0.699. The van der Waals surface area contributed by atoms with Gasteiger partial charge in [0.05, 0.1) is 13.1 Å². The van der Waals surface area contributed by atoms with E-state index >= 15 is 0 Å². The van der Waals surface area contributed by atoms with Gasteiger partial charge in [0.15, 0.2) is 5.54 Å². The Morgan fingerprint density at radius 2 is 1.95 bits per heavy atom. The van der Waals surface area contributed by atoms with Crippen LogP contribution in [-0.4, -0.2) is 66.6 Å². The minimum Gasteiger partial charge on any atom is -0.480 e. The number of ether oxygens (including phenoxy) is 2. The first kappa shape index (κ1) is 16.7. The summed E-state index contributed by atoms with van der Waals surface area (Å²) in [5.74, 6) is -0.949. The number of aliphatic carboxylic acids is 1. The molecular formula is C13H24N2O5. The molecule has 116 valence electrons. The first-order valence-electron chi connectivity index (χ1n) is 6.65. The number of nitrogens with one attached hydrogen (secondary N) is 1. The predicted octanol–water partition coefficient (Wildman–Crippen LogP) is 0.687. The number of carboxylic acids is 1. The van der Waals surface area contributed by atoms with E-state index in [4.69, 9.17) is 9.47 Å². The fraction of sp³-hybridized carbons (Fsp3) is 0.846. The van der Waals surface area contributed by atoms with Crippen LogP contribution in [0.2, 0.25) is 0 Å². The second-order valence-electron chi connectivity index (χ2n) is 6.00. The van der Waals surface area contributed by atoms with E-state index in [2.05, 4.69) is 5.32 Å². The Kier molecular flexibility index (Phi) is 5.35. The Morgan fingerprint density at radius 3 is 2.40 bits per heavy atom. The number of likely N-dealkylation sites (tertiary alicyclic amines) is 1. The van der Waals surface area contributed by atoms with Gasteiger partial charge in [-0.1, -0.05) is 0 Å². The van der Waals surface area contributed by atoms with E-state index in [-0.39, 0.29) is 13.1 Å². The van der Waals surface area contributed by atoms with Gasteiger partial charge in [-0.3, -0.25) is 10.1 Å². The summed E-state index contributed by atoms with van der Waals surface area (Å²) in [5.41, 5.74) is -1.64. The molecule has 1 aliphatic heterocycles. The summed E-state index contributed by atoms with van der Waals surface area (Å²) < 4.78 is 10.1. The van der Waals surface area contributed by atoms with Gasteiger partial charge in [-0.25, -0.2) is 4.79 Å². The molecule has 1 fully saturated rings. The standard InChI is InChI=1S/C13H24N2O5/c1-12(2,3)20-11(18)15-8-13(9-15,10(16)17)14-6-5-7-19-4/h14H,5-9H2,1-4H3,(H,16,17). The lowest BCUT2D eigenvalue weighted by Crippen LogP contribution is -2.74. The van der Waals surface area contributed by atoms with Crippen molar-refractivity contribution in [1.29, 1.82) is 0 Å². The molecule has 7 nitrogen and oxygen atoms in total. The number of rotatable bonds is 6. The summed E-state index contributed by atoms with van der Waals surface area (Å²) in [6.45, 7) is 6.66. The first-order chi connectivity index (χ1) is 9.20. The number of methoxy groups -OCH3 is 1. The monoisotopic (exact) mass is 288 g/mol. The Labute approximate surface area is 119 Å². The zero-order valence-corrected chi connectivity index (χ0v) is 12.6. The third-order valence-corrected chi connectivity index (χ3v) is 2.97. The smallest absolute Gasteiger partial charge is 0.410 e. The molecule has 0 radical (unpaired) electrons. The number of nitrogens with zero attached hydrogens (tertiary/aromatic N) is 1. The number of carbonyl (C=O) groups excluding carboxylic acids is 1. The van der Waals surface area contributed by atoms with E-state index in [1.54, 1.807) is 27.9 Å². The summed E-state index contributed by atoms with van der Waals surface area (Å²) >= 11 is 0. The molecule has 7 heteroatoms. The van der Waals surface area contributed by atoms with Crippen LogP contribution in [0.1, 0.15) is 27.2 Å². The van der Waals surface area contributed by atoms with Crippen LogP contribution < -0.4 is 5.32 Å². The number of hydrogen-bond donors (Lipinski definition) is 2. The minimum atomic E-state index is -1.06. The van der Waals surface area contributed by atoms with Gasteiger partial charge in [-0.2, -0.15) is 0 Å². The maximum absolute atomic E-state index is 11.8. The molecule has 0 bridgehead atoms. The zero-order chi connectivity index (χ0) is 15.4. The molecule has 0 spiro atoms. The first-order valence-corrected chi connectivity index (χ1v) is 6.65. The zero-order valence-electron chi connectivity index (χ0n) is 12.6. The van der Waals surface area contributed by atoms with E-state index in [1.165, 1.54) is 4.90 Å². The molecule has 20 heavy (non-hydrogen) atoms. The Morgan fingerprint density at radius 1 is 1.35 bits per heavy atom. The molecule has 0 aliphatic carbocycles. The van der Waals surface area contributed by atoms with Crippen molar-refractivity contribution in [2.24, 2.45) is 0 Å². The van der Waals surface area contributed by atoms with Crippen LogP contribution >= 0.6 is 0 Å². The highest BCUT2D eigenvalue weighted by atomic mass is 16.6. The van der Waals surface area contributed by atoms with Gasteiger partial charge >= 0.3 is 12.1 Å². The van der Waals surface area contributed by atoms with Crippen LogP contribution in [0.15, 0.2) is 0 Å². The fourth-order valence-electron chi connectivity index (χ4n) is 1.93. The molecule has 1 heterocycles. The van der Waals surface area contributed by atoms with Crippen LogP contribution in [0.25, 0.3) is 0 Å². The minimum absolute atomic E-state index is 0.115. The Balaban J connectivity index is 2.46. The van der Waals surface area contributed by atoms with Crippen LogP contribution in [-0.2, 0) is 14.3 Å². The van der Waals surface area contributed by atoms with Crippen molar-refractivity contribution in [3.8, 4) is 0 Å². The maximum atomic E-state index is 11.8. The summed E-state index contributed by atoms with van der Waals surface area (Å²) in [4.78, 5) is 24.5. The highest BCUT2D eigenvalue weighted by Gasteiger charge is 2.52. The summed E-state index contributed by atoms with van der Waals surface area (Å²) in [6.07, 6.45) is 0.242. The van der Waals surface area contributed by atoms with E-state index in [0.717, 1.165) is 6.42 Å². The summed E-state index contributed by atoms with van der Waals surface area (Å²) in [7, 11) is 1.60. The third kappa shape index (κ3) is 4.35. The topological polar surface area (TPSA) is 88.1 Å². The van der Waals surface area contributed by atoms with Crippen molar-refractivity contribution in [2.75, 3.05) is 33.4 Å². The van der Waals surface area contributed by atoms with Crippen LogP contribution in [0.5, 0.6) is 0 Å². The van der Waals surface area contributed by atoms with Gasteiger partial charge in [0.25, 0.3) is 0 Å². The van der Waals surface area contributed by atoms with E-state index in [9.17, 15) is 14.7 Å². The van der Waals surface area contributed by atoms with E-state index in [1.807, 2.05) is 0 Å². The Bertz CT molecular complexity index is 358. The van der Waals surface area contributed by atoms with Gasteiger partial charge in [0.1, 0.15) is 5.60 Å². The molecule has 0 aromatic rings. The van der Waals surface area contributed by atoms with Crippen LogP contribution in [0, 0.1) is 0 Å². The summed E-state index contributed by atoms with van der Waals surface area (Å²) in [5, 5.41) is 12.3. The molecule has 0 saturated carbocycles. The van der Waals surface area contributed by atoms with Crippen molar-refractivity contribution in [3.05, 3.63) is 0 Å². The molecule has 0 atom stereocenters.